The first-order valence-electron chi connectivity index (χ1n) is 5.65. The minimum Gasteiger partial charge on any atom is -0.296 e. The van der Waals surface area contributed by atoms with Crippen LogP contribution in [-0.4, -0.2) is 22.2 Å². The van der Waals surface area contributed by atoms with Gasteiger partial charge in [0.25, 0.3) is 0 Å². The number of hydrogen-bond acceptors (Lipinski definition) is 3. The summed E-state index contributed by atoms with van der Waals surface area (Å²) in [5.41, 5.74) is 3.29. The molecule has 1 aromatic carbocycles. The number of thioether (sulfide) groups is 1. The number of halogens is 1. The van der Waals surface area contributed by atoms with Crippen LogP contribution in [0.4, 0.5) is 4.39 Å². The maximum Gasteiger partial charge on any atom is 0.170 e. The third-order valence-electron chi connectivity index (χ3n) is 3.17. The molecule has 1 aliphatic rings. The van der Waals surface area contributed by atoms with Crippen LogP contribution in [0.1, 0.15) is 33.2 Å². The van der Waals surface area contributed by atoms with Crippen molar-refractivity contribution in [3.63, 3.8) is 0 Å². The summed E-state index contributed by atoms with van der Waals surface area (Å²) >= 11 is 1.74. The summed E-state index contributed by atoms with van der Waals surface area (Å²) < 4.78 is 13.3. The van der Waals surface area contributed by atoms with Gasteiger partial charge in [-0.05, 0) is 17.7 Å². The van der Waals surface area contributed by atoms with Gasteiger partial charge in [0.1, 0.15) is 11.5 Å². The van der Waals surface area contributed by atoms with Crippen molar-refractivity contribution in [2.45, 2.75) is 11.7 Å². The first-order valence-corrected chi connectivity index (χ1v) is 6.80. The second kappa shape index (κ2) is 4.57. The van der Waals surface area contributed by atoms with Crippen molar-refractivity contribution >= 4 is 18.0 Å². The fraction of sp³-hybridized carbons (Fsp3) is 0.231. The van der Waals surface area contributed by atoms with Gasteiger partial charge in [-0.2, -0.15) is 16.9 Å². The molecule has 3 nitrogen and oxygen atoms in total. The molecule has 1 aliphatic heterocycles. The lowest BCUT2D eigenvalue weighted by Gasteiger charge is -2.22. The quantitative estimate of drug-likeness (QED) is 0.846. The zero-order chi connectivity index (χ0) is 12.5. The van der Waals surface area contributed by atoms with Crippen LogP contribution in [0, 0.1) is 5.82 Å². The molecule has 1 atom stereocenters. The van der Waals surface area contributed by atoms with E-state index in [-0.39, 0.29) is 11.7 Å². The lowest BCUT2D eigenvalue weighted by Crippen LogP contribution is -2.12. The molecule has 18 heavy (non-hydrogen) atoms. The van der Waals surface area contributed by atoms with Gasteiger partial charge in [0, 0.05) is 28.7 Å². The van der Waals surface area contributed by atoms with Gasteiger partial charge in [-0.1, -0.05) is 12.1 Å². The van der Waals surface area contributed by atoms with Gasteiger partial charge in [-0.25, -0.2) is 4.39 Å². The molecule has 1 unspecified atom stereocenters. The standard InChI is InChI=1S/C13H11FN2OS/c14-9-3-1-2-8(4-9)10-6-18-7-11-12(5-17)15-16-13(10)11/h1-5,10H,6-7H2,(H,15,16). The topological polar surface area (TPSA) is 45.8 Å². The molecule has 1 N–H and O–H groups in total. The number of aldehydes is 1. The van der Waals surface area contributed by atoms with Crippen LogP contribution in [-0.2, 0) is 5.75 Å². The smallest absolute Gasteiger partial charge is 0.170 e. The molecule has 5 heteroatoms. The molecule has 0 amide bonds. The van der Waals surface area contributed by atoms with E-state index in [1.165, 1.54) is 6.07 Å². The molecule has 92 valence electrons. The fourth-order valence-corrected chi connectivity index (χ4v) is 3.50. The molecule has 3 rings (SSSR count). The van der Waals surface area contributed by atoms with Gasteiger partial charge in [0.15, 0.2) is 6.29 Å². The molecule has 0 fully saturated rings. The third kappa shape index (κ3) is 1.84. The monoisotopic (exact) mass is 262 g/mol. The van der Waals surface area contributed by atoms with Gasteiger partial charge in [-0.15, -0.1) is 0 Å². The molecule has 0 saturated carbocycles. The number of benzene rings is 1. The zero-order valence-electron chi connectivity index (χ0n) is 9.52. The van der Waals surface area contributed by atoms with Crippen molar-refractivity contribution in [2.24, 2.45) is 0 Å². The summed E-state index contributed by atoms with van der Waals surface area (Å²) in [5.74, 6) is 1.50. The summed E-state index contributed by atoms with van der Waals surface area (Å²) in [6.45, 7) is 0. The number of nitrogens with one attached hydrogen (secondary N) is 1. The Bertz CT molecular complexity index is 596. The van der Waals surface area contributed by atoms with E-state index >= 15 is 0 Å². The SMILES string of the molecule is O=Cc1n[nH]c2c1CSCC2c1cccc(F)c1. The molecule has 2 aromatic rings. The summed E-state index contributed by atoms with van der Waals surface area (Å²) in [5, 5.41) is 6.94. The molecule has 0 radical (unpaired) electrons. The normalized spacial score (nSPS) is 18.4. The van der Waals surface area contributed by atoms with Crippen LogP contribution in [0.3, 0.4) is 0 Å². The average Bonchev–Trinajstić information content (AvgIpc) is 2.81. The fourth-order valence-electron chi connectivity index (χ4n) is 2.28. The molecule has 0 saturated heterocycles. The van der Waals surface area contributed by atoms with Gasteiger partial charge in [-0.3, -0.25) is 9.89 Å². The van der Waals surface area contributed by atoms with Crippen LogP contribution in [0.25, 0.3) is 0 Å². The minimum absolute atomic E-state index is 0.0793. The Morgan fingerprint density at radius 2 is 2.39 bits per heavy atom. The molecular weight excluding hydrogens is 251 g/mol. The van der Waals surface area contributed by atoms with Gasteiger partial charge in [0.05, 0.1) is 0 Å². The van der Waals surface area contributed by atoms with Crippen LogP contribution >= 0.6 is 11.8 Å². The van der Waals surface area contributed by atoms with Crippen molar-refractivity contribution in [1.29, 1.82) is 0 Å². The zero-order valence-corrected chi connectivity index (χ0v) is 10.3. The van der Waals surface area contributed by atoms with Crippen LogP contribution < -0.4 is 0 Å². The van der Waals surface area contributed by atoms with Crippen LogP contribution in [0.5, 0.6) is 0 Å². The summed E-state index contributed by atoms with van der Waals surface area (Å²) in [6.07, 6.45) is 0.768. The van der Waals surface area contributed by atoms with E-state index in [1.54, 1.807) is 23.9 Å². The van der Waals surface area contributed by atoms with Crippen LogP contribution in [0.2, 0.25) is 0 Å². The number of fused-ring (bicyclic) bond motifs is 1. The predicted molar refractivity (Wildman–Crippen MR) is 68.4 cm³/mol. The molecular formula is C13H11FN2OS. The lowest BCUT2D eigenvalue weighted by molar-refractivity contribution is 0.111. The molecule has 0 bridgehead atoms. The predicted octanol–water partition coefficient (Wildman–Crippen LogP) is 2.74. The van der Waals surface area contributed by atoms with Crippen molar-refractivity contribution in [1.82, 2.24) is 10.2 Å². The highest BCUT2D eigenvalue weighted by Crippen LogP contribution is 2.37. The van der Waals surface area contributed by atoms with E-state index in [4.69, 9.17) is 0 Å². The van der Waals surface area contributed by atoms with E-state index in [0.29, 0.717) is 5.69 Å². The van der Waals surface area contributed by atoms with Crippen molar-refractivity contribution in [3.8, 4) is 0 Å². The highest BCUT2D eigenvalue weighted by Gasteiger charge is 2.26. The first kappa shape index (κ1) is 11.5. The highest BCUT2D eigenvalue weighted by molar-refractivity contribution is 7.98. The maximum absolute atomic E-state index is 13.3. The Kier molecular flexibility index (Phi) is 2.91. The summed E-state index contributed by atoms with van der Waals surface area (Å²) in [4.78, 5) is 10.9. The highest BCUT2D eigenvalue weighted by atomic mass is 32.2. The number of carbonyl (C=O) groups excluding carboxylic acids is 1. The van der Waals surface area contributed by atoms with E-state index in [9.17, 15) is 9.18 Å². The van der Waals surface area contributed by atoms with E-state index in [2.05, 4.69) is 10.2 Å². The van der Waals surface area contributed by atoms with Crippen LogP contribution in [0.15, 0.2) is 24.3 Å². The molecule has 2 heterocycles. The minimum atomic E-state index is -0.236. The van der Waals surface area contributed by atoms with Crippen molar-refractivity contribution in [2.75, 3.05) is 5.75 Å². The Labute approximate surface area is 108 Å². The van der Waals surface area contributed by atoms with E-state index in [1.807, 2.05) is 6.07 Å². The van der Waals surface area contributed by atoms with E-state index < -0.39 is 0 Å². The number of H-pyrrole nitrogens is 1. The second-order valence-electron chi connectivity index (χ2n) is 4.24. The molecule has 1 aromatic heterocycles. The largest absolute Gasteiger partial charge is 0.296 e. The number of carbonyl (C=O) groups is 1. The summed E-state index contributed by atoms with van der Waals surface area (Å²) in [7, 11) is 0. The number of nitrogens with zero attached hydrogens (tertiary/aromatic N) is 1. The van der Waals surface area contributed by atoms with E-state index in [0.717, 1.165) is 34.6 Å². The van der Waals surface area contributed by atoms with Gasteiger partial charge in [0.2, 0.25) is 0 Å². The molecule has 0 aliphatic carbocycles. The van der Waals surface area contributed by atoms with Gasteiger partial charge >= 0.3 is 0 Å². The van der Waals surface area contributed by atoms with Crippen molar-refractivity contribution < 1.29 is 9.18 Å². The van der Waals surface area contributed by atoms with Crippen molar-refractivity contribution in [3.05, 3.63) is 52.6 Å². The Balaban J connectivity index is 2.06. The Morgan fingerprint density at radius 1 is 1.50 bits per heavy atom. The lowest BCUT2D eigenvalue weighted by atomic mass is 9.94. The average molecular weight is 262 g/mol. The second-order valence-corrected chi connectivity index (χ2v) is 5.27. The third-order valence-corrected chi connectivity index (χ3v) is 4.24. The number of hydrogen-bond donors (Lipinski definition) is 1. The molecule has 0 spiro atoms. The number of rotatable bonds is 2. The Morgan fingerprint density at radius 3 is 3.17 bits per heavy atom. The Hall–Kier alpha value is -1.62. The summed E-state index contributed by atoms with van der Waals surface area (Å²) in [6, 6.07) is 6.59. The van der Waals surface area contributed by atoms with Gasteiger partial charge < -0.3 is 0 Å². The maximum atomic E-state index is 13.3. The first-order chi connectivity index (χ1) is 8.79. The number of aromatic amines is 1. The number of aromatic nitrogens is 2.